The lowest BCUT2D eigenvalue weighted by Gasteiger charge is -2.27. The normalized spacial score (nSPS) is 14.8. The van der Waals surface area contributed by atoms with Gasteiger partial charge in [0.2, 0.25) is 0 Å². The summed E-state index contributed by atoms with van der Waals surface area (Å²) in [5, 5.41) is 2.26. The van der Waals surface area contributed by atoms with Crippen LogP contribution in [0.4, 0.5) is 10.5 Å². The Morgan fingerprint density at radius 1 is 0.971 bits per heavy atom. The number of anilines is 1. The standard InChI is InChI=1S/C27H23BrN2O5/c1-16-8-10-20(12-17(16)2)30-26(32)22(25(31)29-27(30)33)13-18-9-11-21(34-3)14-24(18)35-15-19-6-4-5-7-23(19)28/h4-14H,15H2,1-3H3,(H,29,31,33)/b22-13+. The molecule has 0 atom stereocenters. The average molecular weight is 535 g/mol. The Kier molecular flexibility index (Phi) is 7.02. The summed E-state index contributed by atoms with van der Waals surface area (Å²) in [6, 6.07) is 17.2. The van der Waals surface area contributed by atoms with Crippen molar-refractivity contribution in [3.63, 3.8) is 0 Å². The van der Waals surface area contributed by atoms with Crippen molar-refractivity contribution in [1.82, 2.24) is 5.32 Å². The first kappa shape index (κ1) is 24.2. The number of hydrogen-bond donors (Lipinski definition) is 1. The first-order chi connectivity index (χ1) is 16.8. The largest absolute Gasteiger partial charge is 0.497 e. The summed E-state index contributed by atoms with van der Waals surface area (Å²) < 4.78 is 12.3. The van der Waals surface area contributed by atoms with Gasteiger partial charge in [0.25, 0.3) is 11.8 Å². The third-order valence-electron chi connectivity index (χ3n) is 5.71. The lowest BCUT2D eigenvalue weighted by molar-refractivity contribution is -0.122. The molecule has 4 amide bonds. The van der Waals surface area contributed by atoms with E-state index in [1.165, 1.54) is 13.2 Å². The molecule has 0 unspecified atom stereocenters. The predicted molar refractivity (Wildman–Crippen MR) is 136 cm³/mol. The Morgan fingerprint density at radius 3 is 2.46 bits per heavy atom. The Balaban J connectivity index is 1.70. The number of nitrogens with zero attached hydrogens (tertiary/aromatic N) is 1. The molecule has 0 aliphatic carbocycles. The van der Waals surface area contributed by atoms with Crippen molar-refractivity contribution in [3.8, 4) is 11.5 Å². The van der Waals surface area contributed by atoms with Crippen LogP contribution in [0.3, 0.4) is 0 Å². The van der Waals surface area contributed by atoms with E-state index in [4.69, 9.17) is 9.47 Å². The molecule has 35 heavy (non-hydrogen) atoms. The van der Waals surface area contributed by atoms with Crippen LogP contribution in [0.25, 0.3) is 6.08 Å². The van der Waals surface area contributed by atoms with Crippen molar-refractivity contribution in [2.45, 2.75) is 20.5 Å². The summed E-state index contributed by atoms with van der Waals surface area (Å²) in [7, 11) is 1.54. The fourth-order valence-corrected chi connectivity index (χ4v) is 3.97. The number of halogens is 1. The van der Waals surface area contributed by atoms with Gasteiger partial charge in [0, 0.05) is 21.7 Å². The second-order valence-corrected chi connectivity index (χ2v) is 8.86. The van der Waals surface area contributed by atoms with Crippen LogP contribution >= 0.6 is 15.9 Å². The molecule has 3 aromatic rings. The molecule has 1 heterocycles. The lowest BCUT2D eigenvalue weighted by atomic mass is 10.0. The second kappa shape index (κ2) is 10.1. The Hall–Kier alpha value is -3.91. The molecule has 1 saturated heterocycles. The summed E-state index contributed by atoms with van der Waals surface area (Å²) >= 11 is 3.50. The van der Waals surface area contributed by atoms with Crippen LogP contribution in [0.1, 0.15) is 22.3 Å². The van der Waals surface area contributed by atoms with E-state index in [9.17, 15) is 14.4 Å². The summed E-state index contributed by atoms with van der Waals surface area (Å²) in [5.41, 5.74) is 3.56. The third-order valence-corrected chi connectivity index (χ3v) is 6.49. The number of rotatable bonds is 6. The summed E-state index contributed by atoms with van der Waals surface area (Å²) in [6.07, 6.45) is 1.42. The van der Waals surface area contributed by atoms with Gasteiger partial charge in [-0.2, -0.15) is 0 Å². The lowest BCUT2D eigenvalue weighted by Crippen LogP contribution is -2.54. The second-order valence-electron chi connectivity index (χ2n) is 8.01. The molecule has 0 saturated carbocycles. The van der Waals surface area contributed by atoms with Crippen molar-refractivity contribution >= 4 is 45.5 Å². The minimum atomic E-state index is -0.791. The molecule has 0 spiro atoms. The van der Waals surface area contributed by atoms with Crippen molar-refractivity contribution in [2.24, 2.45) is 0 Å². The van der Waals surface area contributed by atoms with Crippen LogP contribution in [0.2, 0.25) is 0 Å². The number of hydrogen-bond acceptors (Lipinski definition) is 5. The zero-order valence-electron chi connectivity index (χ0n) is 19.4. The van der Waals surface area contributed by atoms with Crippen LogP contribution in [0, 0.1) is 13.8 Å². The molecule has 0 radical (unpaired) electrons. The maximum Gasteiger partial charge on any atom is 0.335 e. The van der Waals surface area contributed by atoms with E-state index in [2.05, 4.69) is 21.2 Å². The smallest absolute Gasteiger partial charge is 0.335 e. The molecule has 1 aliphatic heterocycles. The number of aryl methyl sites for hydroxylation is 2. The molecule has 1 aliphatic rings. The first-order valence-electron chi connectivity index (χ1n) is 10.8. The zero-order valence-corrected chi connectivity index (χ0v) is 21.0. The van der Waals surface area contributed by atoms with Gasteiger partial charge in [-0.3, -0.25) is 14.9 Å². The minimum absolute atomic E-state index is 0.182. The van der Waals surface area contributed by atoms with E-state index in [1.807, 2.05) is 44.2 Å². The van der Waals surface area contributed by atoms with E-state index >= 15 is 0 Å². The maximum absolute atomic E-state index is 13.3. The molecule has 4 rings (SSSR count). The van der Waals surface area contributed by atoms with Gasteiger partial charge in [0.1, 0.15) is 23.7 Å². The number of benzene rings is 3. The number of amides is 4. The number of urea groups is 1. The van der Waals surface area contributed by atoms with Gasteiger partial charge in [0.15, 0.2) is 0 Å². The highest BCUT2D eigenvalue weighted by molar-refractivity contribution is 9.10. The fourth-order valence-electron chi connectivity index (χ4n) is 3.57. The van der Waals surface area contributed by atoms with E-state index in [0.717, 1.165) is 26.1 Å². The highest BCUT2D eigenvalue weighted by atomic mass is 79.9. The minimum Gasteiger partial charge on any atom is -0.497 e. The molecule has 0 aromatic heterocycles. The number of barbiturate groups is 1. The number of ether oxygens (including phenoxy) is 2. The number of imide groups is 2. The van der Waals surface area contributed by atoms with Crippen molar-refractivity contribution in [2.75, 3.05) is 12.0 Å². The summed E-state index contributed by atoms with van der Waals surface area (Å²) in [6.45, 7) is 4.07. The molecule has 1 N–H and O–H groups in total. The molecule has 3 aromatic carbocycles. The fraction of sp³-hybridized carbons (Fsp3) is 0.148. The van der Waals surface area contributed by atoms with Crippen LogP contribution in [-0.4, -0.2) is 25.0 Å². The van der Waals surface area contributed by atoms with Gasteiger partial charge in [-0.25, -0.2) is 9.69 Å². The monoisotopic (exact) mass is 534 g/mol. The SMILES string of the molecule is COc1ccc(/C=C2\C(=O)NC(=O)N(c3ccc(C)c(C)c3)C2=O)c(OCc2ccccc2Br)c1. The molecule has 0 bridgehead atoms. The third kappa shape index (κ3) is 5.12. The molecular weight excluding hydrogens is 512 g/mol. The van der Waals surface area contributed by atoms with E-state index in [-0.39, 0.29) is 12.2 Å². The molecule has 8 heteroatoms. The van der Waals surface area contributed by atoms with Crippen LogP contribution in [0.15, 0.2) is 70.7 Å². The van der Waals surface area contributed by atoms with Gasteiger partial charge in [-0.05, 0) is 61.4 Å². The van der Waals surface area contributed by atoms with Gasteiger partial charge >= 0.3 is 6.03 Å². The maximum atomic E-state index is 13.3. The Morgan fingerprint density at radius 2 is 1.74 bits per heavy atom. The molecule has 1 fully saturated rings. The van der Waals surface area contributed by atoms with Crippen molar-refractivity contribution < 1.29 is 23.9 Å². The van der Waals surface area contributed by atoms with Gasteiger partial charge in [-0.1, -0.05) is 40.2 Å². The highest BCUT2D eigenvalue weighted by Gasteiger charge is 2.37. The van der Waals surface area contributed by atoms with E-state index in [0.29, 0.717) is 22.7 Å². The van der Waals surface area contributed by atoms with Crippen LogP contribution in [0.5, 0.6) is 11.5 Å². The Labute approximate surface area is 211 Å². The van der Waals surface area contributed by atoms with Crippen LogP contribution < -0.4 is 19.7 Å². The summed E-state index contributed by atoms with van der Waals surface area (Å²) in [5.74, 6) is -0.509. The molecular formula is C27H23BrN2O5. The van der Waals surface area contributed by atoms with Gasteiger partial charge < -0.3 is 9.47 Å². The van der Waals surface area contributed by atoms with Crippen molar-refractivity contribution in [3.05, 3.63) is 93.0 Å². The number of methoxy groups -OCH3 is 1. The number of carbonyl (C=O) groups is 3. The topological polar surface area (TPSA) is 84.9 Å². The van der Waals surface area contributed by atoms with E-state index < -0.39 is 17.8 Å². The number of carbonyl (C=O) groups excluding carboxylic acids is 3. The van der Waals surface area contributed by atoms with Gasteiger partial charge in [-0.15, -0.1) is 0 Å². The quantitative estimate of drug-likeness (QED) is 0.341. The predicted octanol–water partition coefficient (Wildman–Crippen LogP) is 5.32. The van der Waals surface area contributed by atoms with Crippen LogP contribution in [-0.2, 0) is 16.2 Å². The van der Waals surface area contributed by atoms with E-state index in [1.54, 1.807) is 30.3 Å². The molecule has 178 valence electrons. The highest BCUT2D eigenvalue weighted by Crippen LogP contribution is 2.30. The molecule has 7 nitrogen and oxygen atoms in total. The zero-order chi connectivity index (χ0) is 25.1. The summed E-state index contributed by atoms with van der Waals surface area (Å²) in [4.78, 5) is 39.5. The number of nitrogens with one attached hydrogen (secondary N) is 1. The van der Waals surface area contributed by atoms with Gasteiger partial charge in [0.05, 0.1) is 12.8 Å². The Bertz CT molecular complexity index is 1370. The average Bonchev–Trinajstić information content (AvgIpc) is 2.83. The first-order valence-corrected chi connectivity index (χ1v) is 11.6. The van der Waals surface area contributed by atoms with Crippen molar-refractivity contribution in [1.29, 1.82) is 0 Å².